The third-order valence-corrected chi connectivity index (χ3v) is 3.48. The minimum absolute atomic E-state index is 0.0845. The highest BCUT2D eigenvalue weighted by Gasteiger charge is 2.25. The minimum Gasteiger partial charge on any atom is -0.339 e. The highest BCUT2D eigenvalue weighted by Crippen LogP contribution is 2.20. The second-order valence-electron chi connectivity index (χ2n) is 4.73. The summed E-state index contributed by atoms with van der Waals surface area (Å²) >= 11 is 0. The fourth-order valence-corrected chi connectivity index (χ4v) is 2.30. The van der Waals surface area contributed by atoms with E-state index < -0.39 is 0 Å². The van der Waals surface area contributed by atoms with Gasteiger partial charge < -0.3 is 10.6 Å². The van der Waals surface area contributed by atoms with Crippen molar-refractivity contribution in [3.63, 3.8) is 0 Å². The smallest absolute Gasteiger partial charge is 0.255 e. The van der Waals surface area contributed by atoms with Crippen LogP contribution in [0, 0.1) is 5.92 Å². The van der Waals surface area contributed by atoms with Crippen LogP contribution in [-0.2, 0) is 0 Å². The molecule has 1 fully saturated rings. The van der Waals surface area contributed by atoms with Crippen LogP contribution in [0.2, 0.25) is 0 Å². The van der Waals surface area contributed by atoms with Crippen LogP contribution in [0.1, 0.15) is 30.1 Å². The number of amides is 1. The van der Waals surface area contributed by atoms with Gasteiger partial charge in [0.2, 0.25) is 0 Å². The summed E-state index contributed by atoms with van der Waals surface area (Å²) in [6.07, 6.45) is 5.31. The average molecular weight is 233 g/mol. The Hall–Kier alpha value is -1.42. The van der Waals surface area contributed by atoms with E-state index in [-0.39, 0.29) is 11.9 Å². The molecule has 1 aromatic heterocycles. The Bertz CT molecular complexity index is 370. The lowest BCUT2D eigenvalue weighted by atomic mass is 9.91. The summed E-state index contributed by atoms with van der Waals surface area (Å²) in [6.45, 7) is 3.66. The normalized spacial score (nSPS) is 19.1. The molecule has 2 rings (SSSR count). The molecule has 2 heterocycles. The summed E-state index contributed by atoms with van der Waals surface area (Å²) in [6, 6.07) is 3.83. The number of aromatic nitrogens is 1. The van der Waals surface area contributed by atoms with E-state index in [0.29, 0.717) is 11.5 Å². The van der Waals surface area contributed by atoms with Gasteiger partial charge in [-0.1, -0.05) is 0 Å². The first-order chi connectivity index (χ1) is 8.18. The van der Waals surface area contributed by atoms with Crippen molar-refractivity contribution in [2.75, 3.05) is 13.1 Å². The topological polar surface area (TPSA) is 59.2 Å². The van der Waals surface area contributed by atoms with Gasteiger partial charge >= 0.3 is 0 Å². The van der Waals surface area contributed by atoms with Crippen LogP contribution in [0.5, 0.6) is 0 Å². The maximum atomic E-state index is 12.1. The van der Waals surface area contributed by atoms with Crippen molar-refractivity contribution in [2.45, 2.75) is 25.8 Å². The molecular formula is C13H19N3O. The van der Waals surface area contributed by atoms with Crippen LogP contribution in [0.4, 0.5) is 0 Å². The molecule has 0 bridgehead atoms. The van der Waals surface area contributed by atoms with Crippen LogP contribution in [-0.4, -0.2) is 34.9 Å². The van der Waals surface area contributed by atoms with E-state index in [2.05, 4.69) is 4.98 Å². The molecule has 1 amide bonds. The molecule has 0 radical (unpaired) electrons. The molecular weight excluding hydrogens is 214 g/mol. The van der Waals surface area contributed by atoms with E-state index in [9.17, 15) is 4.79 Å². The number of nitrogens with zero attached hydrogens (tertiary/aromatic N) is 2. The number of hydrogen-bond acceptors (Lipinski definition) is 3. The van der Waals surface area contributed by atoms with Crippen molar-refractivity contribution < 1.29 is 4.79 Å². The Morgan fingerprint density at radius 3 is 2.76 bits per heavy atom. The van der Waals surface area contributed by atoms with Gasteiger partial charge in [-0.15, -0.1) is 0 Å². The Morgan fingerprint density at radius 1 is 1.53 bits per heavy atom. The SMILES string of the molecule is CC(N)C1CCN(C(=O)c2cccnc2)CC1. The van der Waals surface area contributed by atoms with Crippen LogP contribution in [0.15, 0.2) is 24.5 Å². The second kappa shape index (κ2) is 5.27. The summed E-state index contributed by atoms with van der Waals surface area (Å²) in [5.74, 6) is 0.633. The van der Waals surface area contributed by atoms with Crippen molar-refractivity contribution >= 4 is 5.91 Å². The predicted octanol–water partition coefficient (Wildman–Crippen LogP) is 1.28. The largest absolute Gasteiger partial charge is 0.339 e. The minimum atomic E-state index is 0.0845. The molecule has 0 spiro atoms. The molecule has 0 saturated carbocycles. The molecule has 0 aliphatic carbocycles. The van der Waals surface area contributed by atoms with Gasteiger partial charge in [0.1, 0.15) is 0 Å². The Kier molecular flexibility index (Phi) is 3.74. The van der Waals surface area contributed by atoms with Gasteiger partial charge in [0, 0.05) is 31.5 Å². The molecule has 1 unspecified atom stereocenters. The van der Waals surface area contributed by atoms with Gasteiger partial charge in [0.15, 0.2) is 0 Å². The van der Waals surface area contributed by atoms with Gasteiger partial charge in [-0.05, 0) is 37.8 Å². The van der Waals surface area contributed by atoms with Crippen LogP contribution in [0.25, 0.3) is 0 Å². The van der Waals surface area contributed by atoms with Crippen LogP contribution < -0.4 is 5.73 Å². The highest BCUT2D eigenvalue weighted by molar-refractivity contribution is 5.93. The predicted molar refractivity (Wildman–Crippen MR) is 66.5 cm³/mol. The first-order valence-electron chi connectivity index (χ1n) is 6.13. The molecule has 1 atom stereocenters. The maximum Gasteiger partial charge on any atom is 0.255 e. The van der Waals surface area contributed by atoms with E-state index in [1.54, 1.807) is 18.5 Å². The average Bonchev–Trinajstić information content (AvgIpc) is 2.39. The number of likely N-dealkylation sites (tertiary alicyclic amines) is 1. The molecule has 4 heteroatoms. The summed E-state index contributed by atoms with van der Waals surface area (Å²) in [4.78, 5) is 18.0. The van der Waals surface area contributed by atoms with Gasteiger partial charge in [0.05, 0.1) is 5.56 Å². The zero-order chi connectivity index (χ0) is 12.3. The zero-order valence-corrected chi connectivity index (χ0v) is 10.2. The fourth-order valence-electron chi connectivity index (χ4n) is 2.30. The maximum absolute atomic E-state index is 12.1. The lowest BCUT2D eigenvalue weighted by Gasteiger charge is -2.33. The quantitative estimate of drug-likeness (QED) is 0.837. The number of pyridine rings is 1. The molecule has 1 aromatic rings. The number of rotatable bonds is 2. The van der Waals surface area contributed by atoms with Gasteiger partial charge in [0.25, 0.3) is 5.91 Å². The fraction of sp³-hybridized carbons (Fsp3) is 0.538. The second-order valence-corrected chi connectivity index (χ2v) is 4.73. The summed E-state index contributed by atoms with van der Waals surface area (Å²) in [5, 5.41) is 0. The number of hydrogen-bond donors (Lipinski definition) is 1. The molecule has 1 saturated heterocycles. The van der Waals surface area contributed by atoms with Crippen molar-refractivity contribution in [1.29, 1.82) is 0 Å². The summed E-state index contributed by atoms with van der Waals surface area (Å²) in [5.41, 5.74) is 6.56. The molecule has 1 aliphatic rings. The first-order valence-corrected chi connectivity index (χ1v) is 6.13. The van der Waals surface area contributed by atoms with Crippen molar-refractivity contribution in [3.05, 3.63) is 30.1 Å². The molecule has 0 aromatic carbocycles. The monoisotopic (exact) mass is 233 g/mol. The third-order valence-electron chi connectivity index (χ3n) is 3.48. The summed E-state index contributed by atoms with van der Waals surface area (Å²) in [7, 11) is 0. The Balaban J connectivity index is 1.95. The molecule has 1 aliphatic heterocycles. The number of carbonyl (C=O) groups excluding carboxylic acids is 1. The van der Waals surface area contributed by atoms with E-state index >= 15 is 0 Å². The molecule has 92 valence electrons. The van der Waals surface area contributed by atoms with E-state index in [1.165, 1.54) is 0 Å². The lowest BCUT2D eigenvalue weighted by Crippen LogP contribution is -2.42. The standard InChI is InChI=1S/C13H19N3O/c1-10(14)11-4-7-16(8-5-11)13(17)12-3-2-6-15-9-12/h2-3,6,9-11H,4-5,7-8,14H2,1H3. The van der Waals surface area contributed by atoms with E-state index in [1.807, 2.05) is 17.9 Å². The highest BCUT2D eigenvalue weighted by atomic mass is 16.2. The Labute approximate surface area is 102 Å². The van der Waals surface area contributed by atoms with Crippen molar-refractivity contribution in [3.8, 4) is 0 Å². The first kappa shape index (κ1) is 12.0. The van der Waals surface area contributed by atoms with Gasteiger partial charge in [-0.2, -0.15) is 0 Å². The number of nitrogens with two attached hydrogens (primary N) is 1. The van der Waals surface area contributed by atoms with Crippen LogP contribution in [0.3, 0.4) is 0 Å². The van der Waals surface area contributed by atoms with E-state index in [4.69, 9.17) is 5.73 Å². The van der Waals surface area contributed by atoms with Crippen LogP contribution >= 0.6 is 0 Å². The molecule has 4 nitrogen and oxygen atoms in total. The van der Waals surface area contributed by atoms with Crippen molar-refractivity contribution in [2.24, 2.45) is 11.7 Å². The lowest BCUT2D eigenvalue weighted by molar-refractivity contribution is 0.0680. The molecule has 17 heavy (non-hydrogen) atoms. The van der Waals surface area contributed by atoms with E-state index in [0.717, 1.165) is 25.9 Å². The Morgan fingerprint density at radius 2 is 2.24 bits per heavy atom. The van der Waals surface area contributed by atoms with Crippen molar-refractivity contribution in [1.82, 2.24) is 9.88 Å². The molecule has 2 N–H and O–H groups in total. The summed E-state index contributed by atoms with van der Waals surface area (Å²) < 4.78 is 0. The van der Waals surface area contributed by atoms with Gasteiger partial charge in [-0.25, -0.2) is 0 Å². The number of piperidine rings is 1. The third kappa shape index (κ3) is 2.82. The zero-order valence-electron chi connectivity index (χ0n) is 10.2. The van der Waals surface area contributed by atoms with Gasteiger partial charge in [-0.3, -0.25) is 9.78 Å². The number of carbonyl (C=O) groups is 1.